The van der Waals surface area contributed by atoms with E-state index in [2.05, 4.69) is 48.3 Å². The molecule has 1 aromatic heterocycles. The fourth-order valence-electron chi connectivity index (χ4n) is 1.90. The van der Waals surface area contributed by atoms with Crippen molar-refractivity contribution in [3.63, 3.8) is 0 Å². The molecule has 0 aliphatic carbocycles. The van der Waals surface area contributed by atoms with Crippen molar-refractivity contribution < 1.29 is 0 Å². The first kappa shape index (κ1) is 14.7. The van der Waals surface area contributed by atoms with E-state index in [9.17, 15) is 0 Å². The van der Waals surface area contributed by atoms with E-state index in [1.165, 1.54) is 5.56 Å². The van der Waals surface area contributed by atoms with Gasteiger partial charge in [-0.25, -0.2) is 0 Å². The maximum absolute atomic E-state index is 5.65. The van der Waals surface area contributed by atoms with Crippen molar-refractivity contribution in [3.8, 4) is 0 Å². The lowest BCUT2D eigenvalue weighted by Crippen LogP contribution is -2.38. The van der Waals surface area contributed by atoms with E-state index in [-0.39, 0.29) is 6.04 Å². The topological polar surface area (TPSA) is 50.9 Å². The smallest absolute Gasteiger partial charge is 0.0420 e. The fraction of sp³-hybridized carbons (Fsp3) is 0.214. The van der Waals surface area contributed by atoms with Crippen LogP contribution in [-0.4, -0.2) is 11.0 Å². The Kier molecular flexibility index (Phi) is 5.51. The molecule has 3 nitrogen and oxygen atoms in total. The summed E-state index contributed by atoms with van der Waals surface area (Å²) in [7, 11) is 0. The maximum Gasteiger partial charge on any atom is 0.0420 e. The van der Waals surface area contributed by atoms with Gasteiger partial charge < -0.3 is 0 Å². The third-order valence-electron chi connectivity index (χ3n) is 2.90. The Bertz CT molecular complexity index is 528. The molecule has 5 heteroatoms. The van der Waals surface area contributed by atoms with Gasteiger partial charge in [0.1, 0.15) is 0 Å². The minimum absolute atomic E-state index is 0.160. The molecule has 0 fully saturated rings. The molecule has 0 saturated heterocycles. The highest BCUT2D eigenvalue weighted by atomic mass is 79.9. The van der Waals surface area contributed by atoms with Crippen molar-refractivity contribution in [3.05, 3.63) is 62.8 Å². The monoisotopic (exact) mass is 383 g/mol. The maximum atomic E-state index is 5.65. The van der Waals surface area contributed by atoms with Crippen LogP contribution in [0.25, 0.3) is 0 Å². The zero-order chi connectivity index (χ0) is 13.7. The molecular weight excluding hydrogens is 370 g/mol. The molecule has 3 N–H and O–H groups in total. The molecule has 0 saturated carbocycles. The average molecular weight is 385 g/mol. The first-order chi connectivity index (χ1) is 9.19. The van der Waals surface area contributed by atoms with E-state index in [4.69, 9.17) is 5.84 Å². The molecule has 0 spiro atoms. The number of hydrogen-bond donors (Lipinski definition) is 2. The van der Waals surface area contributed by atoms with Crippen LogP contribution < -0.4 is 11.3 Å². The van der Waals surface area contributed by atoms with E-state index in [1.54, 1.807) is 6.20 Å². The Morgan fingerprint density at radius 2 is 1.89 bits per heavy atom. The number of pyridine rings is 1. The average Bonchev–Trinajstić information content (AvgIpc) is 2.43. The lowest BCUT2D eigenvalue weighted by molar-refractivity contribution is 0.517. The number of rotatable bonds is 5. The molecule has 2 aromatic rings. The van der Waals surface area contributed by atoms with E-state index in [0.29, 0.717) is 0 Å². The largest absolute Gasteiger partial charge is 0.271 e. The number of hydrazine groups is 1. The molecular formula is C14H15Br2N3. The van der Waals surface area contributed by atoms with Gasteiger partial charge in [-0.15, -0.1) is 0 Å². The van der Waals surface area contributed by atoms with Crippen molar-refractivity contribution in [2.75, 3.05) is 0 Å². The number of nitrogens with zero attached hydrogens (tertiary/aromatic N) is 1. The molecule has 0 aliphatic heterocycles. The van der Waals surface area contributed by atoms with Gasteiger partial charge >= 0.3 is 0 Å². The van der Waals surface area contributed by atoms with E-state index >= 15 is 0 Å². The quantitative estimate of drug-likeness (QED) is 0.614. The van der Waals surface area contributed by atoms with Gasteiger partial charge in [-0.2, -0.15) is 0 Å². The van der Waals surface area contributed by atoms with E-state index in [1.807, 2.05) is 30.3 Å². The van der Waals surface area contributed by atoms with Crippen molar-refractivity contribution in [1.82, 2.24) is 10.4 Å². The highest BCUT2D eigenvalue weighted by molar-refractivity contribution is 9.10. The summed E-state index contributed by atoms with van der Waals surface area (Å²) < 4.78 is 2.10. The van der Waals surface area contributed by atoms with Crippen LogP contribution in [0.3, 0.4) is 0 Å². The molecule has 1 heterocycles. The summed E-state index contributed by atoms with van der Waals surface area (Å²) in [5.41, 5.74) is 5.13. The van der Waals surface area contributed by atoms with Crippen LogP contribution >= 0.6 is 31.9 Å². The molecule has 0 radical (unpaired) electrons. The Morgan fingerprint density at radius 3 is 2.53 bits per heavy atom. The van der Waals surface area contributed by atoms with Crippen LogP contribution in [0.1, 0.15) is 11.3 Å². The highest BCUT2D eigenvalue weighted by Gasteiger charge is 2.11. The third-order valence-corrected chi connectivity index (χ3v) is 4.15. The third kappa shape index (κ3) is 4.38. The van der Waals surface area contributed by atoms with Gasteiger partial charge in [-0.05, 0) is 46.1 Å². The van der Waals surface area contributed by atoms with Crippen LogP contribution in [0.2, 0.25) is 0 Å². The van der Waals surface area contributed by atoms with Crippen molar-refractivity contribution in [2.45, 2.75) is 18.9 Å². The molecule has 0 bridgehead atoms. The van der Waals surface area contributed by atoms with Crippen LogP contribution in [-0.2, 0) is 12.8 Å². The van der Waals surface area contributed by atoms with Gasteiger partial charge in [0.05, 0.1) is 0 Å². The summed E-state index contributed by atoms with van der Waals surface area (Å²) >= 11 is 6.94. The summed E-state index contributed by atoms with van der Waals surface area (Å²) in [4.78, 5) is 4.38. The first-order valence-electron chi connectivity index (χ1n) is 5.99. The number of aromatic nitrogens is 1. The molecule has 0 amide bonds. The second-order valence-corrected chi connectivity index (χ2v) is 6.10. The SMILES string of the molecule is NNC(Cc1ccc(Br)cn1)Cc1ccccc1Br. The first-order valence-corrected chi connectivity index (χ1v) is 7.57. The number of nitrogens with two attached hydrogens (primary N) is 1. The Balaban J connectivity index is 2.05. The van der Waals surface area contributed by atoms with Crippen molar-refractivity contribution in [2.24, 2.45) is 5.84 Å². The fourth-order valence-corrected chi connectivity index (χ4v) is 2.58. The van der Waals surface area contributed by atoms with Gasteiger partial charge in [0.2, 0.25) is 0 Å². The second kappa shape index (κ2) is 7.14. The molecule has 19 heavy (non-hydrogen) atoms. The molecule has 2 rings (SSSR count). The minimum Gasteiger partial charge on any atom is -0.271 e. The van der Waals surface area contributed by atoms with Crippen LogP contribution in [0.4, 0.5) is 0 Å². The molecule has 1 aromatic carbocycles. The molecule has 100 valence electrons. The molecule has 1 atom stereocenters. The van der Waals surface area contributed by atoms with Gasteiger partial charge in [-0.1, -0.05) is 34.1 Å². The predicted octanol–water partition coefficient (Wildman–Crippen LogP) is 3.22. The molecule has 1 unspecified atom stereocenters. The van der Waals surface area contributed by atoms with E-state index < -0.39 is 0 Å². The summed E-state index contributed by atoms with van der Waals surface area (Å²) in [6.45, 7) is 0. The van der Waals surface area contributed by atoms with Crippen LogP contribution in [0.15, 0.2) is 51.5 Å². The number of halogens is 2. The summed E-state index contributed by atoms with van der Waals surface area (Å²) in [6, 6.07) is 12.3. The van der Waals surface area contributed by atoms with Crippen LogP contribution in [0, 0.1) is 0 Å². The van der Waals surface area contributed by atoms with Gasteiger partial charge in [0, 0.05) is 33.3 Å². The summed E-state index contributed by atoms with van der Waals surface area (Å²) in [6.07, 6.45) is 3.46. The Morgan fingerprint density at radius 1 is 1.11 bits per heavy atom. The van der Waals surface area contributed by atoms with Gasteiger partial charge in [-0.3, -0.25) is 16.3 Å². The highest BCUT2D eigenvalue weighted by Crippen LogP contribution is 2.18. The standard InChI is InChI=1S/C14H15Br2N3/c15-11-5-6-12(18-9-11)8-13(19-17)7-10-3-1-2-4-14(10)16/h1-6,9,13,19H,7-8,17H2. The lowest BCUT2D eigenvalue weighted by Gasteiger charge is -2.16. The molecule has 0 aliphatic rings. The van der Waals surface area contributed by atoms with Gasteiger partial charge in [0.25, 0.3) is 0 Å². The predicted molar refractivity (Wildman–Crippen MR) is 84.6 cm³/mol. The van der Waals surface area contributed by atoms with Crippen LogP contribution in [0.5, 0.6) is 0 Å². The van der Waals surface area contributed by atoms with Crippen molar-refractivity contribution >= 4 is 31.9 Å². The van der Waals surface area contributed by atoms with Gasteiger partial charge in [0.15, 0.2) is 0 Å². The number of hydrogen-bond acceptors (Lipinski definition) is 3. The lowest BCUT2D eigenvalue weighted by atomic mass is 10.0. The summed E-state index contributed by atoms with van der Waals surface area (Å²) in [5.74, 6) is 5.65. The minimum atomic E-state index is 0.160. The summed E-state index contributed by atoms with van der Waals surface area (Å²) in [5, 5.41) is 0. The zero-order valence-corrected chi connectivity index (χ0v) is 13.5. The Labute approximate surface area is 129 Å². The normalized spacial score (nSPS) is 12.4. The Hall–Kier alpha value is -0.750. The zero-order valence-electron chi connectivity index (χ0n) is 10.3. The van der Waals surface area contributed by atoms with Crippen molar-refractivity contribution in [1.29, 1.82) is 0 Å². The van der Waals surface area contributed by atoms with E-state index in [0.717, 1.165) is 27.5 Å². The number of nitrogens with one attached hydrogen (secondary N) is 1. The number of benzene rings is 1. The second-order valence-electron chi connectivity index (χ2n) is 4.33.